The summed E-state index contributed by atoms with van der Waals surface area (Å²) in [5.41, 5.74) is 1.58. The monoisotopic (exact) mass is 333 g/mol. The second-order valence-electron chi connectivity index (χ2n) is 6.12. The molecule has 1 N–H and O–H groups in total. The van der Waals surface area contributed by atoms with Crippen LogP contribution in [0.4, 0.5) is 0 Å². The van der Waals surface area contributed by atoms with Crippen molar-refractivity contribution in [3.05, 3.63) is 71.3 Å². The molecule has 1 fully saturated rings. The molecule has 1 aliphatic heterocycles. The average molecular weight is 333 g/mol. The van der Waals surface area contributed by atoms with E-state index in [0.717, 1.165) is 12.8 Å². The predicted octanol–water partition coefficient (Wildman–Crippen LogP) is 2.59. The smallest absolute Gasteiger partial charge is 0.253 e. The van der Waals surface area contributed by atoms with Crippen molar-refractivity contribution in [1.29, 1.82) is 5.26 Å². The lowest BCUT2D eigenvalue weighted by atomic mass is 10.0. The largest absolute Gasteiger partial charge is 0.348 e. The average Bonchev–Trinajstić information content (AvgIpc) is 2.68. The lowest BCUT2D eigenvalue weighted by Gasteiger charge is -2.33. The summed E-state index contributed by atoms with van der Waals surface area (Å²) in [4.78, 5) is 26.8. The summed E-state index contributed by atoms with van der Waals surface area (Å²) in [6.07, 6.45) is 1.68. The van der Waals surface area contributed by atoms with Crippen molar-refractivity contribution in [2.45, 2.75) is 18.9 Å². The fraction of sp³-hybridized carbons (Fsp3) is 0.250. The molecule has 2 aromatic rings. The molecule has 0 aliphatic carbocycles. The first-order chi connectivity index (χ1) is 12.2. The predicted molar refractivity (Wildman–Crippen MR) is 94.0 cm³/mol. The van der Waals surface area contributed by atoms with E-state index in [2.05, 4.69) is 5.32 Å². The van der Waals surface area contributed by atoms with Crippen molar-refractivity contribution >= 4 is 11.8 Å². The van der Waals surface area contributed by atoms with Crippen LogP contribution >= 0.6 is 0 Å². The maximum absolute atomic E-state index is 12.6. The standard InChI is InChI=1S/C20H19N3O2/c21-13-15-6-4-9-17(12-15)19(24)22-18-10-5-11-23(14-18)20(25)16-7-2-1-3-8-16/h1-4,6-9,12,18H,5,10-11,14H2,(H,22,24). The topological polar surface area (TPSA) is 73.2 Å². The fourth-order valence-corrected chi connectivity index (χ4v) is 3.04. The zero-order valence-corrected chi connectivity index (χ0v) is 13.8. The Morgan fingerprint density at radius 2 is 1.84 bits per heavy atom. The van der Waals surface area contributed by atoms with Crippen molar-refractivity contribution in [3.63, 3.8) is 0 Å². The fourth-order valence-electron chi connectivity index (χ4n) is 3.04. The van der Waals surface area contributed by atoms with Crippen LogP contribution in [0.5, 0.6) is 0 Å². The lowest BCUT2D eigenvalue weighted by molar-refractivity contribution is 0.0676. The van der Waals surface area contributed by atoms with Crippen LogP contribution in [0.15, 0.2) is 54.6 Å². The van der Waals surface area contributed by atoms with Gasteiger partial charge in [0.25, 0.3) is 11.8 Å². The van der Waals surface area contributed by atoms with E-state index in [9.17, 15) is 9.59 Å². The molecule has 5 heteroatoms. The van der Waals surface area contributed by atoms with Gasteiger partial charge in [0.1, 0.15) is 0 Å². The number of nitrogens with one attached hydrogen (secondary N) is 1. The van der Waals surface area contributed by atoms with Gasteiger partial charge in [0.2, 0.25) is 0 Å². The summed E-state index contributed by atoms with van der Waals surface area (Å²) in [5.74, 6) is -0.220. The van der Waals surface area contributed by atoms with E-state index in [1.807, 2.05) is 24.3 Å². The molecule has 1 atom stereocenters. The molecule has 0 saturated carbocycles. The van der Waals surface area contributed by atoms with Crippen molar-refractivity contribution < 1.29 is 9.59 Å². The Labute approximate surface area is 146 Å². The quantitative estimate of drug-likeness (QED) is 0.938. The van der Waals surface area contributed by atoms with Gasteiger partial charge in [0, 0.05) is 30.3 Å². The third-order valence-corrected chi connectivity index (χ3v) is 4.32. The van der Waals surface area contributed by atoms with E-state index in [4.69, 9.17) is 5.26 Å². The van der Waals surface area contributed by atoms with Crippen LogP contribution in [0.3, 0.4) is 0 Å². The van der Waals surface area contributed by atoms with Crippen molar-refractivity contribution in [1.82, 2.24) is 10.2 Å². The number of hydrogen-bond donors (Lipinski definition) is 1. The molecule has 0 bridgehead atoms. The van der Waals surface area contributed by atoms with Crippen LogP contribution in [0, 0.1) is 11.3 Å². The van der Waals surface area contributed by atoms with E-state index in [1.54, 1.807) is 41.3 Å². The third-order valence-electron chi connectivity index (χ3n) is 4.32. The van der Waals surface area contributed by atoms with Gasteiger partial charge in [-0.3, -0.25) is 9.59 Å². The highest BCUT2D eigenvalue weighted by molar-refractivity contribution is 5.95. The van der Waals surface area contributed by atoms with Crippen LogP contribution < -0.4 is 5.32 Å². The number of nitrogens with zero attached hydrogens (tertiary/aromatic N) is 2. The molecule has 1 aliphatic rings. The first-order valence-corrected chi connectivity index (χ1v) is 8.33. The summed E-state index contributed by atoms with van der Waals surface area (Å²) in [5, 5.41) is 11.9. The molecule has 1 unspecified atom stereocenters. The second kappa shape index (κ2) is 7.63. The van der Waals surface area contributed by atoms with Gasteiger partial charge in [0.05, 0.1) is 11.6 Å². The molecule has 2 amide bonds. The van der Waals surface area contributed by atoms with Crippen LogP contribution in [0.2, 0.25) is 0 Å². The summed E-state index contributed by atoms with van der Waals surface area (Å²) in [6, 6.07) is 17.7. The molecule has 5 nitrogen and oxygen atoms in total. The molecule has 3 rings (SSSR count). The molecular weight excluding hydrogens is 314 g/mol. The maximum atomic E-state index is 12.6. The minimum absolute atomic E-state index is 0.00831. The summed E-state index contributed by atoms with van der Waals surface area (Å²) < 4.78 is 0. The molecule has 0 spiro atoms. The Bertz CT molecular complexity index is 811. The minimum Gasteiger partial charge on any atom is -0.348 e. The summed E-state index contributed by atoms with van der Waals surface area (Å²) in [6.45, 7) is 1.20. The van der Waals surface area contributed by atoms with E-state index in [1.165, 1.54) is 0 Å². The third kappa shape index (κ3) is 4.04. The Balaban J connectivity index is 1.64. The summed E-state index contributed by atoms with van der Waals surface area (Å²) >= 11 is 0. The zero-order valence-electron chi connectivity index (χ0n) is 13.8. The number of amides is 2. The van der Waals surface area contributed by atoms with Crippen LogP contribution in [0.1, 0.15) is 39.1 Å². The SMILES string of the molecule is N#Cc1cccc(C(=O)NC2CCCN(C(=O)c3ccccc3)C2)c1. The van der Waals surface area contributed by atoms with Gasteiger partial charge in [-0.25, -0.2) is 0 Å². The molecule has 25 heavy (non-hydrogen) atoms. The normalized spacial score (nSPS) is 16.8. The Hall–Kier alpha value is -3.13. The van der Waals surface area contributed by atoms with Crippen LogP contribution in [0.25, 0.3) is 0 Å². The highest BCUT2D eigenvalue weighted by Crippen LogP contribution is 2.15. The van der Waals surface area contributed by atoms with Gasteiger partial charge in [-0.05, 0) is 43.2 Å². The van der Waals surface area contributed by atoms with Crippen molar-refractivity contribution in [2.75, 3.05) is 13.1 Å². The van der Waals surface area contributed by atoms with E-state index in [0.29, 0.717) is 29.8 Å². The van der Waals surface area contributed by atoms with Gasteiger partial charge in [-0.1, -0.05) is 24.3 Å². The van der Waals surface area contributed by atoms with Crippen LogP contribution in [-0.4, -0.2) is 35.8 Å². The van der Waals surface area contributed by atoms with Crippen molar-refractivity contribution in [2.24, 2.45) is 0 Å². The van der Waals surface area contributed by atoms with Crippen molar-refractivity contribution in [3.8, 4) is 6.07 Å². The highest BCUT2D eigenvalue weighted by atomic mass is 16.2. The molecule has 1 heterocycles. The van der Waals surface area contributed by atoms with Gasteiger partial charge in [-0.15, -0.1) is 0 Å². The number of hydrogen-bond acceptors (Lipinski definition) is 3. The van der Waals surface area contributed by atoms with Gasteiger partial charge < -0.3 is 10.2 Å². The van der Waals surface area contributed by atoms with E-state index < -0.39 is 0 Å². The number of rotatable bonds is 3. The second-order valence-corrected chi connectivity index (χ2v) is 6.12. The number of carbonyl (C=O) groups excluding carboxylic acids is 2. The first-order valence-electron chi connectivity index (χ1n) is 8.33. The molecule has 1 saturated heterocycles. The zero-order chi connectivity index (χ0) is 17.6. The maximum Gasteiger partial charge on any atom is 0.253 e. The Morgan fingerprint density at radius 1 is 1.08 bits per heavy atom. The summed E-state index contributed by atoms with van der Waals surface area (Å²) in [7, 11) is 0. The minimum atomic E-state index is -0.212. The number of likely N-dealkylation sites (tertiary alicyclic amines) is 1. The Morgan fingerprint density at radius 3 is 2.60 bits per heavy atom. The molecule has 0 aromatic heterocycles. The number of piperidine rings is 1. The number of benzene rings is 2. The highest BCUT2D eigenvalue weighted by Gasteiger charge is 2.25. The molecular formula is C20H19N3O2. The molecule has 2 aromatic carbocycles. The van der Waals surface area contributed by atoms with E-state index >= 15 is 0 Å². The number of nitriles is 1. The lowest BCUT2D eigenvalue weighted by Crippen LogP contribution is -2.49. The number of carbonyl (C=O) groups is 2. The van der Waals surface area contributed by atoms with Gasteiger partial charge >= 0.3 is 0 Å². The van der Waals surface area contributed by atoms with Gasteiger partial charge in [-0.2, -0.15) is 5.26 Å². The van der Waals surface area contributed by atoms with Crippen LogP contribution in [-0.2, 0) is 0 Å². The first kappa shape index (κ1) is 16.7. The molecule has 0 radical (unpaired) electrons. The molecule has 126 valence electrons. The van der Waals surface area contributed by atoms with E-state index in [-0.39, 0.29) is 17.9 Å². The van der Waals surface area contributed by atoms with Gasteiger partial charge in [0.15, 0.2) is 0 Å². The Kier molecular flexibility index (Phi) is 5.10.